The highest BCUT2D eigenvalue weighted by atomic mass is 14.6. The number of rotatable bonds is 0. The largest absolute Gasteiger partial charge is 0.398 e. The van der Waals surface area contributed by atoms with Gasteiger partial charge in [0.2, 0.25) is 0 Å². The fourth-order valence-corrected chi connectivity index (χ4v) is 3.12. The van der Waals surface area contributed by atoms with Crippen LogP contribution in [0.25, 0.3) is 0 Å². The Morgan fingerprint density at radius 2 is 1.94 bits per heavy atom. The van der Waals surface area contributed by atoms with Gasteiger partial charge < -0.3 is 5.73 Å². The monoisotopic (exact) mass is 219 g/mol. The first-order chi connectivity index (χ1) is 8.34. The van der Waals surface area contributed by atoms with Crippen molar-refractivity contribution in [2.75, 3.05) is 0 Å². The van der Waals surface area contributed by atoms with Crippen LogP contribution >= 0.6 is 0 Å². The predicted octanol–water partition coefficient (Wildman–Crippen LogP) is 3.08. The summed E-state index contributed by atoms with van der Waals surface area (Å²) in [5.74, 6) is 0.380. The molecule has 1 nitrogen and oxygen atoms in total. The molecular formula is C16H13N. The highest BCUT2D eigenvalue weighted by molar-refractivity contribution is 5.67. The minimum Gasteiger partial charge on any atom is -0.398 e. The average Bonchev–Trinajstić information content (AvgIpc) is 2.38. The van der Waals surface area contributed by atoms with Crippen LogP contribution in [0, 0.1) is 5.92 Å². The molecule has 0 saturated heterocycles. The summed E-state index contributed by atoms with van der Waals surface area (Å²) in [6, 6.07) is 0. The number of hydrogen-bond donors (Lipinski definition) is 1. The lowest BCUT2D eigenvalue weighted by atomic mass is 9.69. The van der Waals surface area contributed by atoms with Gasteiger partial charge >= 0.3 is 0 Å². The van der Waals surface area contributed by atoms with Crippen molar-refractivity contribution in [1.29, 1.82) is 0 Å². The Balaban J connectivity index is 2.04. The molecule has 0 bridgehead atoms. The molecule has 1 unspecified atom stereocenters. The van der Waals surface area contributed by atoms with E-state index in [9.17, 15) is 0 Å². The third kappa shape index (κ3) is 1.09. The van der Waals surface area contributed by atoms with Crippen molar-refractivity contribution in [3.05, 3.63) is 82.2 Å². The van der Waals surface area contributed by atoms with E-state index in [1.54, 1.807) is 0 Å². The number of nitrogens with two attached hydrogens (primary N) is 1. The van der Waals surface area contributed by atoms with E-state index in [1.807, 2.05) is 6.08 Å². The molecule has 0 aliphatic heterocycles. The lowest BCUT2D eigenvalue weighted by Gasteiger charge is -2.35. The predicted molar refractivity (Wildman–Crippen MR) is 69.9 cm³/mol. The van der Waals surface area contributed by atoms with Gasteiger partial charge in [0.25, 0.3) is 0 Å². The van der Waals surface area contributed by atoms with Crippen LogP contribution in [0.1, 0.15) is 6.42 Å². The van der Waals surface area contributed by atoms with Crippen LogP contribution in [-0.2, 0) is 0 Å². The van der Waals surface area contributed by atoms with E-state index in [-0.39, 0.29) is 0 Å². The van der Waals surface area contributed by atoms with Crippen LogP contribution in [0.4, 0.5) is 0 Å². The Hall–Kier alpha value is -2.02. The lowest BCUT2D eigenvalue weighted by molar-refractivity contribution is 0.823. The van der Waals surface area contributed by atoms with Gasteiger partial charge in [-0.15, -0.1) is 0 Å². The lowest BCUT2D eigenvalue weighted by Crippen LogP contribution is -2.23. The third-order valence-electron chi connectivity index (χ3n) is 3.93. The molecule has 1 heteroatoms. The van der Waals surface area contributed by atoms with Gasteiger partial charge in [-0.05, 0) is 40.4 Å². The zero-order valence-corrected chi connectivity index (χ0v) is 9.48. The Morgan fingerprint density at radius 3 is 2.88 bits per heavy atom. The van der Waals surface area contributed by atoms with E-state index in [0.717, 1.165) is 12.1 Å². The zero-order valence-electron chi connectivity index (χ0n) is 9.48. The van der Waals surface area contributed by atoms with Gasteiger partial charge in [0.1, 0.15) is 0 Å². The molecule has 2 N–H and O–H groups in total. The van der Waals surface area contributed by atoms with Crippen LogP contribution < -0.4 is 5.73 Å². The van der Waals surface area contributed by atoms with Crippen molar-refractivity contribution >= 4 is 0 Å². The Labute approximate surface area is 101 Å². The molecule has 0 amide bonds. The Morgan fingerprint density at radius 1 is 1.00 bits per heavy atom. The smallest absolute Gasteiger partial charge is 0.0369 e. The van der Waals surface area contributed by atoms with E-state index in [2.05, 4.69) is 42.5 Å². The molecule has 4 aliphatic carbocycles. The molecule has 0 fully saturated rings. The summed E-state index contributed by atoms with van der Waals surface area (Å²) in [4.78, 5) is 0. The number of allylic oxidation sites excluding steroid dienone is 13. The van der Waals surface area contributed by atoms with Gasteiger partial charge in [-0.2, -0.15) is 0 Å². The van der Waals surface area contributed by atoms with Crippen LogP contribution in [-0.4, -0.2) is 0 Å². The minimum absolute atomic E-state index is 0.380. The van der Waals surface area contributed by atoms with Gasteiger partial charge in [-0.1, -0.05) is 42.5 Å². The molecule has 17 heavy (non-hydrogen) atoms. The summed E-state index contributed by atoms with van der Waals surface area (Å²) < 4.78 is 0. The standard InChI is InChI=1S/C16H13N/c17-14-9-7-12-5-4-10-2-1-3-11-6-8-13(14)16(12)15(10)11/h1-2,4-9,16H,3,17H2. The normalized spacial score (nSPS) is 28.1. The van der Waals surface area contributed by atoms with E-state index in [0.29, 0.717) is 5.92 Å². The quantitative estimate of drug-likeness (QED) is 0.665. The summed E-state index contributed by atoms with van der Waals surface area (Å²) in [5.41, 5.74) is 13.9. The van der Waals surface area contributed by atoms with Crippen molar-refractivity contribution in [3.63, 3.8) is 0 Å². The summed E-state index contributed by atoms with van der Waals surface area (Å²) in [5, 5.41) is 0. The van der Waals surface area contributed by atoms with Crippen LogP contribution in [0.15, 0.2) is 82.2 Å². The van der Waals surface area contributed by atoms with Gasteiger partial charge in [0, 0.05) is 11.6 Å². The third-order valence-corrected chi connectivity index (χ3v) is 3.93. The molecule has 0 heterocycles. The maximum atomic E-state index is 6.10. The molecule has 1 atom stereocenters. The van der Waals surface area contributed by atoms with Crippen molar-refractivity contribution in [1.82, 2.24) is 0 Å². The summed E-state index contributed by atoms with van der Waals surface area (Å²) in [6.07, 6.45) is 18.6. The SMILES string of the molecule is NC1=C2C=CC3=C4C(=CC=C(C=C1)C24)C=CC3. The second kappa shape index (κ2) is 3.01. The first-order valence-electron chi connectivity index (χ1n) is 6.02. The van der Waals surface area contributed by atoms with Gasteiger partial charge in [0.05, 0.1) is 0 Å². The van der Waals surface area contributed by atoms with E-state index < -0.39 is 0 Å². The van der Waals surface area contributed by atoms with E-state index >= 15 is 0 Å². The summed E-state index contributed by atoms with van der Waals surface area (Å²) in [7, 11) is 0. The molecule has 0 aromatic carbocycles. The molecular weight excluding hydrogens is 206 g/mol. The van der Waals surface area contributed by atoms with E-state index in [1.165, 1.54) is 27.9 Å². The summed E-state index contributed by atoms with van der Waals surface area (Å²) in [6.45, 7) is 0. The zero-order chi connectivity index (χ0) is 11.4. The number of hydrogen-bond acceptors (Lipinski definition) is 1. The molecule has 0 radical (unpaired) electrons. The van der Waals surface area contributed by atoms with Crippen LogP contribution in [0.3, 0.4) is 0 Å². The minimum atomic E-state index is 0.380. The van der Waals surface area contributed by atoms with Crippen molar-refractivity contribution < 1.29 is 0 Å². The highest BCUT2D eigenvalue weighted by Gasteiger charge is 2.33. The molecule has 4 aliphatic rings. The van der Waals surface area contributed by atoms with Crippen molar-refractivity contribution in [3.8, 4) is 0 Å². The molecule has 82 valence electrons. The molecule has 0 aromatic rings. The van der Waals surface area contributed by atoms with Gasteiger partial charge in [-0.25, -0.2) is 0 Å². The molecule has 0 saturated carbocycles. The Kier molecular flexibility index (Phi) is 1.60. The maximum absolute atomic E-state index is 6.10. The summed E-state index contributed by atoms with van der Waals surface area (Å²) >= 11 is 0. The van der Waals surface area contributed by atoms with Crippen molar-refractivity contribution in [2.45, 2.75) is 6.42 Å². The Bertz CT molecular complexity index is 630. The van der Waals surface area contributed by atoms with Crippen LogP contribution in [0.5, 0.6) is 0 Å². The van der Waals surface area contributed by atoms with Gasteiger partial charge in [-0.3, -0.25) is 0 Å². The fourth-order valence-electron chi connectivity index (χ4n) is 3.12. The topological polar surface area (TPSA) is 26.0 Å². The second-order valence-electron chi connectivity index (χ2n) is 4.84. The molecule has 0 aromatic heterocycles. The van der Waals surface area contributed by atoms with Crippen molar-refractivity contribution in [2.24, 2.45) is 11.7 Å². The highest BCUT2D eigenvalue weighted by Crippen LogP contribution is 2.46. The maximum Gasteiger partial charge on any atom is 0.0369 e. The first-order valence-corrected chi connectivity index (χ1v) is 6.02. The van der Waals surface area contributed by atoms with E-state index in [4.69, 9.17) is 5.73 Å². The fraction of sp³-hybridized carbons (Fsp3) is 0.125. The second-order valence-corrected chi connectivity index (χ2v) is 4.84. The van der Waals surface area contributed by atoms with Crippen LogP contribution in [0.2, 0.25) is 0 Å². The first kappa shape index (κ1) is 9.06. The molecule has 0 spiro atoms. The van der Waals surface area contributed by atoms with Gasteiger partial charge in [0.15, 0.2) is 0 Å². The average molecular weight is 219 g/mol. The molecule has 4 rings (SSSR count).